The van der Waals surface area contributed by atoms with Gasteiger partial charge in [0.05, 0.1) is 17.0 Å². The Morgan fingerprint density at radius 3 is 2.55 bits per heavy atom. The summed E-state index contributed by atoms with van der Waals surface area (Å²) in [5, 5.41) is 13.9. The average Bonchev–Trinajstić information content (AvgIpc) is 2.43. The molecule has 22 heavy (non-hydrogen) atoms. The van der Waals surface area contributed by atoms with Crippen LogP contribution in [-0.4, -0.2) is 4.92 Å². The summed E-state index contributed by atoms with van der Waals surface area (Å²) in [5.41, 5.74) is 13.3. The van der Waals surface area contributed by atoms with Gasteiger partial charge in [0.25, 0.3) is 5.69 Å². The number of nitrogen functional groups attached to an aromatic ring is 2. The van der Waals surface area contributed by atoms with Crippen LogP contribution < -0.4 is 16.8 Å². The number of halogens is 2. The Labute approximate surface area is 132 Å². The minimum atomic E-state index is -0.664. The SMILES string of the molecule is CC(Nc1ccc(F)cc1[N+](=O)[O-])c1cc(N)ccc1N.Cl. The van der Waals surface area contributed by atoms with Gasteiger partial charge >= 0.3 is 0 Å². The molecule has 0 saturated heterocycles. The van der Waals surface area contributed by atoms with Crippen LogP contribution in [0.4, 0.5) is 27.1 Å². The van der Waals surface area contributed by atoms with Crippen molar-refractivity contribution in [3.8, 4) is 0 Å². The largest absolute Gasteiger partial charge is 0.399 e. The minimum Gasteiger partial charge on any atom is -0.399 e. The maximum atomic E-state index is 13.1. The molecule has 0 aliphatic carbocycles. The molecule has 2 rings (SSSR count). The summed E-state index contributed by atoms with van der Waals surface area (Å²) in [5.74, 6) is -0.664. The molecule has 0 bridgehead atoms. The highest BCUT2D eigenvalue weighted by molar-refractivity contribution is 5.85. The van der Waals surface area contributed by atoms with Crippen LogP contribution in [0.2, 0.25) is 0 Å². The van der Waals surface area contributed by atoms with E-state index < -0.39 is 10.7 Å². The van der Waals surface area contributed by atoms with E-state index in [9.17, 15) is 14.5 Å². The fraction of sp³-hybridized carbons (Fsp3) is 0.143. The van der Waals surface area contributed by atoms with Crippen LogP contribution in [0.3, 0.4) is 0 Å². The summed E-state index contributed by atoms with van der Waals surface area (Å²) in [4.78, 5) is 10.3. The lowest BCUT2D eigenvalue weighted by Crippen LogP contribution is -2.11. The second-order valence-electron chi connectivity index (χ2n) is 4.67. The molecule has 0 spiro atoms. The van der Waals surface area contributed by atoms with Crippen molar-refractivity contribution in [1.29, 1.82) is 0 Å². The molecule has 8 heteroatoms. The van der Waals surface area contributed by atoms with Crippen LogP contribution in [0, 0.1) is 15.9 Å². The molecule has 0 saturated carbocycles. The Hall–Kier alpha value is -2.54. The summed E-state index contributed by atoms with van der Waals surface area (Å²) in [6.07, 6.45) is 0. The predicted octanol–water partition coefficient (Wildman–Crippen LogP) is 3.49. The van der Waals surface area contributed by atoms with Gasteiger partial charge in [0.2, 0.25) is 0 Å². The van der Waals surface area contributed by atoms with Crippen molar-refractivity contribution in [2.45, 2.75) is 13.0 Å². The fourth-order valence-corrected chi connectivity index (χ4v) is 2.06. The molecule has 0 aromatic heterocycles. The third-order valence-electron chi connectivity index (χ3n) is 3.11. The van der Waals surface area contributed by atoms with Crippen LogP contribution in [0.5, 0.6) is 0 Å². The maximum Gasteiger partial charge on any atom is 0.295 e. The number of nitrogens with two attached hydrogens (primary N) is 2. The van der Waals surface area contributed by atoms with Gasteiger partial charge in [-0.05, 0) is 42.8 Å². The van der Waals surface area contributed by atoms with Gasteiger partial charge in [-0.2, -0.15) is 0 Å². The van der Waals surface area contributed by atoms with Crippen molar-refractivity contribution in [2.75, 3.05) is 16.8 Å². The van der Waals surface area contributed by atoms with Crippen molar-refractivity contribution < 1.29 is 9.31 Å². The van der Waals surface area contributed by atoms with E-state index in [0.717, 1.165) is 12.1 Å². The molecule has 1 unspecified atom stereocenters. The number of nitrogens with one attached hydrogen (secondary N) is 1. The van der Waals surface area contributed by atoms with E-state index in [4.69, 9.17) is 11.5 Å². The van der Waals surface area contributed by atoms with Crippen molar-refractivity contribution in [2.24, 2.45) is 0 Å². The molecule has 5 N–H and O–H groups in total. The lowest BCUT2D eigenvalue weighted by atomic mass is 10.0. The Kier molecular flexibility index (Phi) is 5.53. The van der Waals surface area contributed by atoms with E-state index >= 15 is 0 Å². The molecule has 0 amide bonds. The van der Waals surface area contributed by atoms with E-state index in [2.05, 4.69) is 5.32 Å². The molecule has 0 aliphatic rings. The molecular formula is C14H16ClFN4O2. The van der Waals surface area contributed by atoms with E-state index in [1.807, 2.05) is 0 Å². The molecular weight excluding hydrogens is 311 g/mol. The minimum absolute atomic E-state index is 0. The number of nitrogens with zero attached hydrogens (tertiary/aromatic N) is 1. The molecule has 1 atom stereocenters. The number of rotatable bonds is 4. The van der Waals surface area contributed by atoms with Crippen LogP contribution >= 0.6 is 12.4 Å². The quantitative estimate of drug-likeness (QED) is 0.453. The van der Waals surface area contributed by atoms with Crippen LogP contribution in [-0.2, 0) is 0 Å². The highest BCUT2D eigenvalue weighted by Gasteiger charge is 2.18. The van der Waals surface area contributed by atoms with Crippen LogP contribution in [0.25, 0.3) is 0 Å². The predicted molar refractivity (Wildman–Crippen MR) is 87.6 cm³/mol. The highest BCUT2D eigenvalue weighted by Crippen LogP contribution is 2.31. The van der Waals surface area contributed by atoms with E-state index in [-0.39, 0.29) is 29.8 Å². The van der Waals surface area contributed by atoms with Gasteiger partial charge in [-0.25, -0.2) is 4.39 Å². The van der Waals surface area contributed by atoms with Gasteiger partial charge in [0.1, 0.15) is 11.5 Å². The second-order valence-corrected chi connectivity index (χ2v) is 4.67. The Balaban J connectivity index is 0.00000242. The van der Waals surface area contributed by atoms with Gasteiger partial charge in [-0.1, -0.05) is 0 Å². The molecule has 0 aliphatic heterocycles. The van der Waals surface area contributed by atoms with Gasteiger partial charge < -0.3 is 16.8 Å². The number of hydrogen-bond donors (Lipinski definition) is 3. The summed E-state index contributed by atoms with van der Waals surface area (Å²) >= 11 is 0. The first-order valence-corrected chi connectivity index (χ1v) is 6.24. The number of nitro benzene ring substituents is 1. The molecule has 2 aromatic carbocycles. The van der Waals surface area contributed by atoms with Crippen molar-refractivity contribution >= 4 is 35.2 Å². The van der Waals surface area contributed by atoms with Crippen LogP contribution in [0.1, 0.15) is 18.5 Å². The third kappa shape index (κ3) is 3.76. The van der Waals surface area contributed by atoms with Gasteiger partial charge in [-0.15, -0.1) is 12.4 Å². The maximum absolute atomic E-state index is 13.1. The molecule has 0 fully saturated rings. The lowest BCUT2D eigenvalue weighted by Gasteiger charge is -2.18. The zero-order valence-corrected chi connectivity index (χ0v) is 12.6. The van der Waals surface area contributed by atoms with Gasteiger partial charge in [0.15, 0.2) is 0 Å². The molecule has 6 nitrogen and oxygen atoms in total. The van der Waals surface area contributed by atoms with E-state index in [0.29, 0.717) is 16.9 Å². The smallest absolute Gasteiger partial charge is 0.295 e. The zero-order chi connectivity index (χ0) is 15.6. The first kappa shape index (κ1) is 17.5. The summed E-state index contributed by atoms with van der Waals surface area (Å²) in [6.45, 7) is 1.79. The summed E-state index contributed by atoms with van der Waals surface area (Å²) < 4.78 is 13.1. The Morgan fingerprint density at radius 1 is 1.23 bits per heavy atom. The number of benzene rings is 2. The normalized spacial score (nSPS) is 11.4. The van der Waals surface area contributed by atoms with Gasteiger partial charge in [-0.3, -0.25) is 10.1 Å². The Bertz CT molecular complexity index is 697. The topological polar surface area (TPSA) is 107 Å². The molecule has 0 radical (unpaired) electrons. The van der Waals surface area contributed by atoms with Crippen molar-refractivity contribution in [1.82, 2.24) is 0 Å². The highest BCUT2D eigenvalue weighted by atomic mass is 35.5. The monoisotopic (exact) mass is 326 g/mol. The lowest BCUT2D eigenvalue weighted by molar-refractivity contribution is -0.384. The van der Waals surface area contributed by atoms with Crippen LogP contribution in [0.15, 0.2) is 36.4 Å². The third-order valence-corrected chi connectivity index (χ3v) is 3.11. The number of hydrogen-bond acceptors (Lipinski definition) is 5. The summed E-state index contributed by atoms with van der Waals surface area (Å²) in [6, 6.07) is 8.07. The molecule has 118 valence electrons. The molecule has 2 aromatic rings. The summed E-state index contributed by atoms with van der Waals surface area (Å²) in [7, 11) is 0. The van der Waals surface area contributed by atoms with Crippen molar-refractivity contribution in [3.63, 3.8) is 0 Å². The molecule has 0 heterocycles. The number of anilines is 3. The fourth-order valence-electron chi connectivity index (χ4n) is 2.06. The average molecular weight is 327 g/mol. The first-order valence-electron chi connectivity index (χ1n) is 6.24. The second kappa shape index (κ2) is 6.95. The zero-order valence-electron chi connectivity index (χ0n) is 11.7. The number of nitro groups is 1. The first-order chi connectivity index (χ1) is 9.88. The van der Waals surface area contributed by atoms with E-state index in [1.54, 1.807) is 25.1 Å². The Morgan fingerprint density at radius 2 is 1.91 bits per heavy atom. The standard InChI is InChI=1S/C14H15FN4O2.ClH/c1-8(11-7-10(16)3-4-12(11)17)18-13-5-2-9(15)6-14(13)19(20)21;/h2-8,18H,16-17H2,1H3;1H. The van der Waals surface area contributed by atoms with Crippen molar-refractivity contribution in [3.05, 3.63) is 57.9 Å². The van der Waals surface area contributed by atoms with E-state index in [1.165, 1.54) is 6.07 Å². The van der Waals surface area contributed by atoms with Gasteiger partial charge in [0, 0.05) is 11.4 Å².